The number of nitrogens with one attached hydrogen (secondary N) is 1. The van der Waals surface area contributed by atoms with Crippen LogP contribution in [0.25, 0.3) is 0 Å². The highest BCUT2D eigenvalue weighted by Gasteiger charge is 2.23. The molecule has 1 aliphatic carbocycles. The van der Waals surface area contributed by atoms with Gasteiger partial charge >= 0.3 is 0 Å². The lowest BCUT2D eigenvalue weighted by molar-refractivity contribution is -0.122. The van der Waals surface area contributed by atoms with Crippen molar-refractivity contribution in [3.8, 4) is 0 Å². The second-order valence-electron chi connectivity index (χ2n) is 4.86. The summed E-state index contributed by atoms with van der Waals surface area (Å²) in [5.41, 5.74) is 1.24. The van der Waals surface area contributed by atoms with Crippen molar-refractivity contribution in [3.05, 3.63) is 29.8 Å². The van der Waals surface area contributed by atoms with Crippen LogP contribution in [-0.2, 0) is 11.3 Å². The highest BCUT2D eigenvalue weighted by atomic mass is 32.2. The molecule has 0 saturated heterocycles. The molecule has 98 valence electrons. The molecular formula is C14H20N2OS. The van der Waals surface area contributed by atoms with Crippen molar-refractivity contribution in [1.29, 1.82) is 0 Å². The lowest BCUT2D eigenvalue weighted by atomic mass is 10.2. The molecule has 0 spiro atoms. The van der Waals surface area contributed by atoms with Crippen molar-refractivity contribution in [1.82, 2.24) is 10.2 Å². The van der Waals surface area contributed by atoms with E-state index in [9.17, 15) is 4.79 Å². The van der Waals surface area contributed by atoms with Crippen molar-refractivity contribution in [2.75, 3.05) is 19.8 Å². The van der Waals surface area contributed by atoms with E-state index in [1.165, 1.54) is 10.5 Å². The molecule has 18 heavy (non-hydrogen) atoms. The second kappa shape index (κ2) is 6.25. The molecule has 0 heterocycles. The maximum atomic E-state index is 11.6. The van der Waals surface area contributed by atoms with Crippen LogP contribution in [0.15, 0.2) is 29.2 Å². The Morgan fingerprint density at radius 3 is 2.61 bits per heavy atom. The summed E-state index contributed by atoms with van der Waals surface area (Å²) in [6.45, 7) is 1.29. The van der Waals surface area contributed by atoms with Crippen LogP contribution >= 0.6 is 11.8 Å². The zero-order chi connectivity index (χ0) is 13.0. The fraction of sp³-hybridized carbons (Fsp3) is 0.500. The zero-order valence-electron chi connectivity index (χ0n) is 11.0. The van der Waals surface area contributed by atoms with Crippen molar-refractivity contribution in [3.63, 3.8) is 0 Å². The third-order valence-electron chi connectivity index (χ3n) is 2.97. The van der Waals surface area contributed by atoms with Crippen molar-refractivity contribution < 1.29 is 4.79 Å². The fourth-order valence-electron chi connectivity index (χ4n) is 1.84. The van der Waals surface area contributed by atoms with Crippen LogP contribution in [0, 0.1) is 0 Å². The third-order valence-corrected chi connectivity index (χ3v) is 3.71. The van der Waals surface area contributed by atoms with E-state index in [1.807, 2.05) is 11.9 Å². The second-order valence-corrected chi connectivity index (χ2v) is 5.74. The summed E-state index contributed by atoms with van der Waals surface area (Å²) < 4.78 is 0. The molecule has 0 aromatic heterocycles. The minimum absolute atomic E-state index is 0.140. The minimum atomic E-state index is 0.140. The Labute approximate surface area is 113 Å². The van der Waals surface area contributed by atoms with Crippen LogP contribution in [-0.4, -0.2) is 36.7 Å². The van der Waals surface area contributed by atoms with Gasteiger partial charge in [0.1, 0.15) is 0 Å². The average molecular weight is 264 g/mol. The van der Waals surface area contributed by atoms with E-state index >= 15 is 0 Å². The largest absolute Gasteiger partial charge is 0.352 e. The monoisotopic (exact) mass is 264 g/mol. The lowest BCUT2D eigenvalue weighted by Crippen LogP contribution is -2.35. The summed E-state index contributed by atoms with van der Waals surface area (Å²) in [6, 6.07) is 8.95. The molecule has 1 amide bonds. The van der Waals surface area contributed by atoms with Crippen LogP contribution in [0.5, 0.6) is 0 Å². The summed E-state index contributed by atoms with van der Waals surface area (Å²) in [4.78, 5) is 15.0. The molecule has 0 unspecified atom stereocenters. The molecule has 1 aromatic carbocycles. The van der Waals surface area contributed by atoms with E-state index in [-0.39, 0.29) is 5.91 Å². The molecule has 1 N–H and O–H groups in total. The first-order valence-electron chi connectivity index (χ1n) is 6.28. The number of hydrogen-bond acceptors (Lipinski definition) is 3. The first kappa shape index (κ1) is 13.4. The predicted molar refractivity (Wildman–Crippen MR) is 75.7 cm³/mol. The van der Waals surface area contributed by atoms with Gasteiger partial charge in [-0.3, -0.25) is 9.69 Å². The first-order chi connectivity index (χ1) is 8.67. The first-order valence-corrected chi connectivity index (χ1v) is 7.50. The Balaban J connectivity index is 1.77. The van der Waals surface area contributed by atoms with Crippen LogP contribution in [0.3, 0.4) is 0 Å². The summed E-state index contributed by atoms with van der Waals surface area (Å²) in [7, 11) is 1.98. The van der Waals surface area contributed by atoms with Gasteiger partial charge in [-0.15, -0.1) is 11.8 Å². The minimum Gasteiger partial charge on any atom is -0.352 e. The summed E-state index contributed by atoms with van der Waals surface area (Å²) >= 11 is 1.74. The number of benzene rings is 1. The normalized spacial score (nSPS) is 14.8. The average Bonchev–Trinajstić information content (AvgIpc) is 3.13. The summed E-state index contributed by atoms with van der Waals surface area (Å²) in [6.07, 6.45) is 4.36. The molecule has 3 nitrogen and oxygen atoms in total. The van der Waals surface area contributed by atoms with Gasteiger partial charge in [-0.1, -0.05) is 12.1 Å². The van der Waals surface area contributed by atoms with Gasteiger partial charge in [0, 0.05) is 17.5 Å². The van der Waals surface area contributed by atoms with Gasteiger partial charge in [0.2, 0.25) is 5.91 Å². The summed E-state index contributed by atoms with van der Waals surface area (Å²) in [5.74, 6) is 0.140. The van der Waals surface area contributed by atoms with E-state index in [0.717, 1.165) is 19.4 Å². The van der Waals surface area contributed by atoms with Crippen molar-refractivity contribution >= 4 is 17.7 Å². The van der Waals surface area contributed by atoms with Gasteiger partial charge in [0.05, 0.1) is 6.54 Å². The van der Waals surface area contributed by atoms with Gasteiger partial charge in [0.25, 0.3) is 0 Å². The molecule has 0 aliphatic heterocycles. The number of rotatable bonds is 6. The number of nitrogens with zero attached hydrogens (tertiary/aromatic N) is 1. The highest BCUT2D eigenvalue weighted by Crippen LogP contribution is 2.18. The topological polar surface area (TPSA) is 32.3 Å². The van der Waals surface area contributed by atoms with Crippen molar-refractivity contribution in [2.24, 2.45) is 0 Å². The summed E-state index contributed by atoms with van der Waals surface area (Å²) in [5, 5.41) is 3.00. The van der Waals surface area contributed by atoms with Gasteiger partial charge in [-0.25, -0.2) is 0 Å². The number of thioether (sulfide) groups is 1. The van der Waals surface area contributed by atoms with Crippen LogP contribution < -0.4 is 5.32 Å². The quantitative estimate of drug-likeness (QED) is 0.799. The number of amides is 1. The number of hydrogen-bond donors (Lipinski definition) is 1. The molecular weight excluding hydrogens is 244 g/mol. The van der Waals surface area contributed by atoms with E-state index < -0.39 is 0 Å². The smallest absolute Gasteiger partial charge is 0.234 e. The van der Waals surface area contributed by atoms with Crippen molar-refractivity contribution in [2.45, 2.75) is 30.3 Å². The van der Waals surface area contributed by atoms with E-state index in [4.69, 9.17) is 0 Å². The Morgan fingerprint density at radius 2 is 2.06 bits per heavy atom. The molecule has 0 radical (unpaired) electrons. The maximum Gasteiger partial charge on any atom is 0.234 e. The fourth-order valence-corrected chi connectivity index (χ4v) is 2.25. The Hall–Kier alpha value is -1.00. The Kier molecular flexibility index (Phi) is 4.66. The molecule has 1 fully saturated rings. The zero-order valence-corrected chi connectivity index (χ0v) is 11.8. The molecule has 1 aromatic rings. The number of likely N-dealkylation sites (N-methyl/N-ethyl adjacent to an activating group) is 1. The predicted octanol–water partition coefficient (Wildman–Crippen LogP) is 2.12. The molecule has 2 rings (SSSR count). The van der Waals surface area contributed by atoms with Gasteiger partial charge in [-0.05, 0) is 43.8 Å². The van der Waals surface area contributed by atoms with Crippen LogP contribution in [0.4, 0.5) is 0 Å². The van der Waals surface area contributed by atoms with Gasteiger partial charge in [-0.2, -0.15) is 0 Å². The molecule has 4 heteroatoms. The number of carbonyl (C=O) groups excluding carboxylic acids is 1. The Morgan fingerprint density at radius 1 is 1.39 bits per heavy atom. The molecule has 1 saturated carbocycles. The molecule has 0 bridgehead atoms. The highest BCUT2D eigenvalue weighted by molar-refractivity contribution is 7.98. The van der Waals surface area contributed by atoms with Crippen LogP contribution in [0.2, 0.25) is 0 Å². The van der Waals surface area contributed by atoms with E-state index in [2.05, 4.69) is 35.8 Å². The Bertz CT molecular complexity index is 401. The molecule has 1 aliphatic rings. The standard InChI is InChI=1S/C14H20N2OS/c1-16(10-14(17)15-12-5-6-12)9-11-3-7-13(18-2)8-4-11/h3-4,7-8,12H,5-6,9-10H2,1-2H3,(H,15,17). The van der Waals surface area contributed by atoms with E-state index in [0.29, 0.717) is 12.6 Å². The number of carbonyl (C=O) groups is 1. The van der Waals surface area contributed by atoms with Gasteiger partial charge in [0.15, 0.2) is 0 Å². The SMILES string of the molecule is CSc1ccc(CN(C)CC(=O)NC2CC2)cc1. The van der Waals surface area contributed by atoms with Gasteiger partial charge < -0.3 is 5.32 Å². The maximum absolute atomic E-state index is 11.6. The third kappa shape index (κ3) is 4.35. The van der Waals surface area contributed by atoms with E-state index in [1.54, 1.807) is 11.8 Å². The van der Waals surface area contributed by atoms with Crippen LogP contribution in [0.1, 0.15) is 18.4 Å². The lowest BCUT2D eigenvalue weighted by Gasteiger charge is -2.16. The molecule has 0 atom stereocenters.